The van der Waals surface area contributed by atoms with E-state index in [9.17, 15) is 0 Å². The van der Waals surface area contributed by atoms with Gasteiger partial charge in [0.15, 0.2) is 5.84 Å². The summed E-state index contributed by atoms with van der Waals surface area (Å²) in [7, 11) is 0. The molecule has 248 valence electrons. The van der Waals surface area contributed by atoms with E-state index in [1.54, 1.807) is 0 Å². The van der Waals surface area contributed by atoms with Crippen molar-refractivity contribution in [2.24, 2.45) is 9.98 Å². The second-order valence-electron chi connectivity index (χ2n) is 14.1. The highest BCUT2D eigenvalue weighted by Crippen LogP contribution is 2.52. The average Bonchev–Trinajstić information content (AvgIpc) is 3.32. The summed E-state index contributed by atoms with van der Waals surface area (Å²) in [5.74, 6) is 0.722. The first-order valence-corrected chi connectivity index (χ1v) is 18.0. The van der Waals surface area contributed by atoms with Crippen molar-refractivity contribution in [1.82, 2.24) is 0 Å². The van der Waals surface area contributed by atoms with Gasteiger partial charge in [0.1, 0.15) is 0 Å². The van der Waals surface area contributed by atoms with Crippen LogP contribution in [0.1, 0.15) is 47.7 Å². The maximum atomic E-state index is 5.36. The Morgan fingerprint density at radius 1 is 0.423 bits per heavy atom. The Morgan fingerprint density at radius 3 is 1.67 bits per heavy atom. The maximum Gasteiger partial charge on any atom is 0.156 e. The number of allylic oxidation sites excluding steroid dienone is 1. The van der Waals surface area contributed by atoms with E-state index in [1.165, 1.54) is 55.6 Å². The van der Waals surface area contributed by atoms with Gasteiger partial charge >= 0.3 is 0 Å². The van der Waals surface area contributed by atoms with Gasteiger partial charge in [0.2, 0.25) is 0 Å². The number of benzene rings is 7. The molecule has 52 heavy (non-hydrogen) atoms. The van der Waals surface area contributed by atoms with Crippen molar-refractivity contribution in [1.29, 1.82) is 0 Å². The van der Waals surface area contributed by atoms with Crippen LogP contribution in [0.15, 0.2) is 198 Å². The fourth-order valence-corrected chi connectivity index (χ4v) is 7.90. The topological polar surface area (TPSA) is 24.7 Å². The molecule has 2 aliphatic rings. The highest BCUT2D eigenvalue weighted by Gasteiger charge is 2.36. The number of amidine groups is 1. The quantitative estimate of drug-likeness (QED) is 0.169. The average molecular weight is 667 g/mol. The highest BCUT2D eigenvalue weighted by molar-refractivity contribution is 6.17. The predicted octanol–water partition coefficient (Wildman–Crippen LogP) is 12.5. The van der Waals surface area contributed by atoms with Crippen molar-refractivity contribution < 1.29 is 0 Å². The van der Waals surface area contributed by atoms with Crippen LogP contribution < -0.4 is 0 Å². The monoisotopic (exact) mass is 666 g/mol. The second kappa shape index (κ2) is 13.1. The number of hydrogen-bond acceptors (Lipinski definition) is 2. The summed E-state index contributed by atoms with van der Waals surface area (Å²) >= 11 is 0. The number of aliphatic imine (C=N–C) groups is 2. The molecule has 0 fully saturated rings. The van der Waals surface area contributed by atoms with E-state index in [2.05, 4.69) is 190 Å². The number of nitrogens with zero attached hydrogens (tertiary/aromatic N) is 2. The van der Waals surface area contributed by atoms with E-state index in [1.807, 2.05) is 12.1 Å². The Bertz CT molecular complexity index is 2500. The smallest absolute Gasteiger partial charge is 0.156 e. The lowest BCUT2D eigenvalue weighted by Crippen LogP contribution is -2.14. The largest absolute Gasteiger partial charge is 0.254 e. The molecule has 1 aliphatic heterocycles. The van der Waals surface area contributed by atoms with Gasteiger partial charge in [-0.3, -0.25) is 4.99 Å². The van der Waals surface area contributed by atoms with Crippen LogP contribution in [0.4, 0.5) is 0 Å². The number of fused-ring (bicyclic) bond motifs is 3. The van der Waals surface area contributed by atoms with Crippen molar-refractivity contribution >= 4 is 11.5 Å². The molecule has 2 nitrogen and oxygen atoms in total. The zero-order chi connectivity index (χ0) is 35.1. The fraction of sp³-hybridized carbons (Fsp3) is 0.0800. The second-order valence-corrected chi connectivity index (χ2v) is 14.1. The third kappa shape index (κ3) is 5.63. The summed E-state index contributed by atoms with van der Waals surface area (Å²) < 4.78 is 0. The van der Waals surface area contributed by atoms with Crippen LogP contribution in [0.3, 0.4) is 0 Å². The first kappa shape index (κ1) is 31.6. The summed E-state index contributed by atoms with van der Waals surface area (Å²) in [6.07, 6.45) is 4.32. The van der Waals surface area contributed by atoms with Crippen LogP contribution in [-0.4, -0.2) is 11.5 Å². The molecule has 0 saturated carbocycles. The Balaban J connectivity index is 1.10. The van der Waals surface area contributed by atoms with Crippen LogP contribution in [-0.2, 0) is 5.41 Å². The van der Waals surface area contributed by atoms with Gasteiger partial charge in [-0.05, 0) is 67.3 Å². The maximum absolute atomic E-state index is 5.36. The molecule has 9 rings (SSSR count). The minimum Gasteiger partial charge on any atom is -0.254 e. The molecule has 7 aromatic rings. The molecule has 1 aliphatic carbocycles. The SMILES string of the molecule is CC1(C)c2ccccc2-c2c(-c3ccc(-c4ccccc4C4C=CC(c5ccccc5)=NC(c5ccc(-c6ccccc6)cc5)=N4)cc3)cccc21. The molecule has 0 spiro atoms. The van der Waals surface area contributed by atoms with Crippen molar-refractivity contribution in [2.45, 2.75) is 25.3 Å². The molecule has 0 N–H and O–H groups in total. The standard InChI is InChI=1S/C50H38N2/c1-50(2)44-22-12-11-20-43(44)48-41(21-13-23-45(48)50)37-28-26-36(27-29-37)40-18-9-10-19-42(40)47-33-32-46(38-16-7-4-8-17-38)51-49(52-47)39-30-24-35(25-31-39)34-14-5-3-6-15-34/h3-33,47H,1-2H3. The lowest BCUT2D eigenvalue weighted by molar-refractivity contribution is 0.660. The van der Waals surface area contributed by atoms with Gasteiger partial charge in [-0.25, -0.2) is 4.99 Å². The summed E-state index contributed by atoms with van der Waals surface area (Å²) in [6.45, 7) is 4.68. The lowest BCUT2D eigenvalue weighted by Gasteiger charge is -2.21. The number of hydrogen-bond donors (Lipinski definition) is 0. The predicted molar refractivity (Wildman–Crippen MR) is 218 cm³/mol. The van der Waals surface area contributed by atoms with Crippen LogP contribution in [0.25, 0.3) is 44.5 Å². The van der Waals surface area contributed by atoms with Crippen molar-refractivity contribution in [3.05, 3.63) is 216 Å². The van der Waals surface area contributed by atoms with Gasteiger partial charge in [0.05, 0.1) is 11.8 Å². The van der Waals surface area contributed by atoms with Crippen LogP contribution in [0.2, 0.25) is 0 Å². The fourth-order valence-electron chi connectivity index (χ4n) is 7.90. The van der Waals surface area contributed by atoms with Crippen LogP contribution >= 0.6 is 0 Å². The highest BCUT2D eigenvalue weighted by atomic mass is 15.0. The first-order chi connectivity index (χ1) is 25.5. The van der Waals surface area contributed by atoms with Crippen LogP contribution in [0, 0.1) is 0 Å². The van der Waals surface area contributed by atoms with Gasteiger partial charge in [-0.15, -0.1) is 0 Å². The molecule has 0 radical (unpaired) electrons. The molecule has 0 saturated heterocycles. The Kier molecular flexibility index (Phi) is 7.94. The van der Waals surface area contributed by atoms with E-state index in [0.29, 0.717) is 0 Å². The summed E-state index contributed by atoms with van der Waals surface area (Å²) in [6, 6.07) is 62.6. The normalized spacial score (nSPS) is 15.6. The van der Waals surface area contributed by atoms with Crippen molar-refractivity contribution in [2.75, 3.05) is 0 Å². The lowest BCUT2D eigenvalue weighted by atomic mass is 9.82. The van der Waals surface area contributed by atoms with E-state index in [0.717, 1.165) is 28.2 Å². The summed E-state index contributed by atoms with van der Waals surface area (Å²) in [4.78, 5) is 10.5. The molecule has 1 atom stereocenters. The summed E-state index contributed by atoms with van der Waals surface area (Å²) in [5, 5.41) is 0. The van der Waals surface area contributed by atoms with Crippen molar-refractivity contribution in [3.63, 3.8) is 0 Å². The molecule has 2 heteroatoms. The third-order valence-corrected chi connectivity index (χ3v) is 10.6. The third-order valence-electron chi connectivity index (χ3n) is 10.6. The van der Waals surface area contributed by atoms with E-state index in [4.69, 9.17) is 9.98 Å². The zero-order valence-corrected chi connectivity index (χ0v) is 29.4. The molecular weight excluding hydrogens is 629 g/mol. The molecule has 0 bridgehead atoms. The van der Waals surface area contributed by atoms with Gasteiger partial charge in [-0.1, -0.05) is 196 Å². The minimum absolute atomic E-state index is 0.0273. The molecule has 0 aromatic heterocycles. The van der Waals surface area contributed by atoms with Crippen LogP contribution in [0.5, 0.6) is 0 Å². The van der Waals surface area contributed by atoms with E-state index in [-0.39, 0.29) is 11.5 Å². The molecule has 1 unspecified atom stereocenters. The van der Waals surface area contributed by atoms with E-state index < -0.39 is 0 Å². The molecule has 0 amide bonds. The molecular formula is C50H38N2. The zero-order valence-electron chi connectivity index (χ0n) is 29.4. The Morgan fingerprint density at radius 2 is 0.942 bits per heavy atom. The van der Waals surface area contributed by atoms with Gasteiger partial charge in [0.25, 0.3) is 0 Å². The Hall–Kier alpha value is -6.38. The van der Waals surface area contributed by atoms with Crippen molar-refractivity contribution in [3.8, 4) is 44.5 Å². The molecule has 1 heterocycles. The Labute approximate surface area is 306 Å². The minimum atomic E-state index is -0.222. The van der Waals surface area contributed by atoms with E-state index >= 15 is 0 Å². The summed E-state index contributed by atoms with van der Waals surface area (Å²) in [5.41, 5.74) is 16.7. The van der Waals surface area contributed by atoms with Gasteiger partial charge in [-0.2, -0.15) is 0 Å². The molecule has 7 aromatic carbocycles. The first-order valence-electron chi connectivity index (χ1n) is 18.0. The van der Waals surface area contributed by atoms with Gasteiger partial charge < -0.3 is 0 Å². The van der Waals surface area contributed by atoms with Gasteiger partial charge in [0, 0.05) is 16.5 Å². The number of rotatable bonds is 6.